The van der Waals surface area contributed by atoms with E-state index in [1.165, 1.54) is 0 Å². The molecule has 0 atom stereocenters. The summed E-state index contributed by atoms with van der Waals surface area (Å²) in [4.78, 5) is 22.3. The van der Waals surface area contributed by atoms with Gasteiger partial charge in [0.15, 0.2) is 0 Å². The number of unbranched alkanes of at least 4 members (excludes halogenated alkanes) is 2. The van der Waals surface area contributed by atoms with Crippen molar-refractivity contribution in [3.63, 3.8) is 0 Å². The van der Waals surface area contributed by atoms with Crippen molar-refractivity contribution in [2.45, 2.75) is 53.4 Å². The Hall–Kier alpha value is 0.200. The number of carboxylic acid groups (broad SMARTS) is 2. The van der Waals surface area contributed by atoms with Crippen LogP contribution in [0.5, 0.6) is 0 Å². The summed E-state index contributed by atoms with van der Waals surface area (Å²) >= 11 is 0. The van der Waals surface area contributed by atoms with E-state index in [2.05, 4.69) is 0 Å². The molecule has 0 aromatic heterocycles. The zero-order valence-electron chi connectivity index (χ0n) is 11.2. The fourth-order valence-electron chi connectivity index (χ4n) is 1.91. The Bertz CT molecular complexity index is 254. The molecule has 0 radical (unpaired) electrons. The average molecular weight is 268 g/mol. The van der Waals surface area contributed by atoms with Crippen molar-refractivity contribution < 1.29 is 19.8 Å². The molecule has 0 amide bonds. The third-order valence-electron chi connectivity index (χ3n) is 3.13. The standard InChI is InChI=1S/C12H22O4.Ca/c1-5-6-7-8-12(9(13)14,10(15)16)11(2,3)4;/h5-8H2,1-4H3,(H,13,14)(H,15,16);/q;+2/p-2. The van der Waals surface area contributed by atoms with Crippen LogP contribution in [0.25, 0.3) is 0 Å². The molecule has 0 fully saturated rings. The molecule has 5 heteroatoms. The Morgan fingerprint density at radius 2 is 1.41 bits per heavy atom. The van der Waals surface area contributed by atoms with Crippen LogP contribution in [0.4, 0.5) is 0 Å². The van der Waals surface area contributed by atoms with Crippen LogP contribution in [0.3, 0.4) is 0 Å². The van der Waals surface area contributed by atoms with Gasteiger partial charge in [0.1, 0.15) is 0 Å². The maximum absolute atomic E-state index is 11.2. The van der Waals surface area contributed by atoms with E-state index in [0.717, 1.165) is 12.8 Å². The summed E-state index contributed by atoms with van der Waals surface area (Å²) in [5.41, 5.74) is -2.82. The molecule has 0 aromatic rings. The van der Waals surface area contributed by atoms with Gasteiger partial charge in [0.2, 0.25) is 0 Å². The molecule has 0 aliphatic heterocycles. The molecule has 0 saturated heterocycles. The summed E-state index contributed by atoms with van der Waals surface area (Å²) in [6.45, 7) is 6.73. The molecule has 0 saturated carbocycles. The first-order chi connectivity index (χ1) is 7.20. The summed E-state index contributed by atoms with van der Waals surface area (Å²) in [7, 11) is 0. The van der Waals surface area contributed by atoms with Crippen molar-refractivity contribution in [2.75, 3.05) is 0 Å². The molecule has 0 N–H and O–H groups in total. The number of carbonyl (C=O) groups is 2. The van der Waals surface area contributed by atoms with Crippen LogP contribution in [0.2, 0.25) is 0 Å². The molecule has 0 spiro atoms. The zero-order chi connectivity index (χ0) is 13.0. The molecule has 0 unspecified atom stereocenters. The van der Waals surface area contributed by atoms with Crippen molar-refractivity contribution in [3.8, 4) is 0 Å². The Labute approximate surface area is 133 Å². The van der Waals surface area contributed by atoms with Gasteiger partial charge < -0.3 is 19.8 Å². The van der Waals surface area contributed by atoms with Gasteiger partial charge in [-0.05, 0) is 11.8 Å². The summed E-state index contributed by atoms with van der Waals surface area (Å²) < 4.78 is 0. The predicted octanol–water partition coefficient (Wildman–Crippen LogP) is -0.282. The van der Waals surface area contributed by atoms with E-state index in [9.17, 15) is 19.8 Å². The molecule has 0 bridgehead atoms. The zero-order valence-corrected chi connectivity index (χ0v) is 13.4. The summed E-state index contributed by atoms with van der Waals surface area (Å²) in [6, 6.07) is 0. The maximum Gasteiger partial charge on any atom is 2.00 e. The normalized spacial score (nSPS) is 11.8. The van der Waals surface area contributed by atoms with Crippen LogP contribution in [-0.4, -0.2) is 49.7 Å². The minimum Gasteiger partial charge on any atom is -0.549 e. The topological polar surface area (TPSA) is 80.3 Å². The summed E-state index contributed by atoms with van der Waals surface area (Å²) in [6.07, 6.45) is 2.32. The maximum atomic E-state index is 11.2. The first-order valence-electron chi connectivity index (χ1n) is 5.63. The van der Waals surface area contributed by atoms with E-state index in [-0.39, 0.29) is 44.2 Å². The van der Waals surface area contributed by atoms with Gasteiger partial charge in [0.05, 0.1) is 17.4 Å². The average Bonchev–Trinajstić information content (AvgIpc) is 2.08. The minimum atomic E-state index is -1.90. The fourth-order valence-corrected chi connectivity index (χ4v) is 1.91. The Kier molecular flexibility index (Phi) is 8.73. The van der Waals surface area contributed by atoms with Crippen molar-refractivity contribution >= 4 is 49.7 Å². The Balaban J connectivity index is 0. The van der Waals surface area contributed by atoms with Crippen LogP contribution in [-0.2, 0) is 9.59 Å². The Morgan fingerprint density at radius 3 is 1.65 bits per heavy atom. The first-order valence-corrected chi connectivity index (χ1v) is 5.63. The van der Waals surface area contributed by atoms with Crippen molar-refractivity contribution in [1.29, 1.82) is 0 Å². The fraction of sp³-hybridized carbons (Fsp3) is 0.833. The number of carboxylic acids is 2. The second kappa shape index (κ2) is 7.59. The van der Waals surface area contributed by atoms with Gasteiger partial charge in [0, 0.05) is 0 Å². The SMILES string of the molecule is CCCCCC(C(=O)[O-])(C(=O)[O-])C(C)(C)C.[Ca+2]. The van der Waals surface area contributed by atoms with Crippen molar-refractivity contribution in [3.05, 3.63) is 0 Å². The van der Waals surface area contributed by atoms with E-state index in [0.29, 0.717) is 6.42 Å². The largest absolute Gasteiger partial charge is 2.00 e. The van der Waals surface area contributed by atoms with Gasteiger partial charge in [-0.1, -0.05) is 47.0 Å². The van der Waals surface area contributed by atoms with E-state index in [1.54, 1.807) is 20.8 Å². The number of rotatable bonds is 6. The van der Waals surface area contributed by atoms with Crippen LogP contribution in [0.15, 0.2) is 0 Å². The molecule has 0 aromatic carbocycles. The summed E-state index contributed by atoms with van der Waals surface area (Å²) in [5, 5.41) is 22.3. The second-order valence-corrected chi connectivity index (χ2v) is 5.19. The molecular formula is C12H20CaO4. The quantitative estimate of drug-likeness (QED) is 0.377. The van der Waals surface area contributed by atoms with Crippen LogP contribution < -0.4 is 10.2 Å². The van der Waals surface area contributed by atoms with Crippen LogP contribution in [0, 0.1) is 10.8 Å². The van der Waals surface area contributed by atoms with Gasteiger partial charge in [-0.2, -0.15) is 0 Å². The van der Waals surface area contributed by atoms with Gasteiger partial charge in [-0.15, -0.1) is 0 Å². The number of hydrogen-bond acceptors (Lipinski definition) is 4. The molecule has 4 nitrogen and oxygen atoms in total. The van der Waals surface area contributed by atoms with Crippen molar-refractivity contribution in [2.24, 2.45) is 10.8 Å². The molecule has 17 heavy (non-hydrogen) atoms. The van der Waals surface area contributed by atoms with Gasteiger partial charge in [-0.25, -0.2) is 0 Å². The molecule has 0 aliphatic rings. The Morgan fingerprint density at radius 1 is 1.00 bits per heavy atom. The molecule has 0 heterocycles. The molecule has 94 valence electrons. The van der Waals surface area contributed by atoms with Gasteiger partial charge >= 0.3 is 37.7 Å². The number of aliphatic carboxylic acids is 2. The number of carbonyl (C=O) groups excluding carboxylic acids is 2. The first kappa shape index (κ1) is 19.5. The second-order valence-electron chi connectivity index (χ2n) is 5.19. The van der Waals surface area contributed by atoms with E-state index in [4.69, 9.17) is 0 Å². The van der Waals surface area contributed by atoms with Crippen LogP contribution >= 0.6 is 0 Å². The van der Waals surface area contributed by atoms with E-state index < -0.39 is 22.8 Å². The third kappa shape index (κ3) is 4.42. The van der Waals surface area contributed by atoms with Crippen LogP contribution in [0.1, 0.15) is 53.4 Å². The summed E-state index contributed by atoms with van der Waals surface area (Å²) in [5.74, 6) is -3.09. The van der Waals surface area contributed by atoms with E-state index in [1.807, 2.05) is 6.92 Å². The molecular weight excluding hydrogens is 248 g/mol. The van der Waals surface area contributed by atoms with Crippen molar-refractivity contribution in [1.82, 2.24) is 0 Å². The van der Waals surface area contributed by atoms with Gasteiger partial charge in [0.25, 0.3) is 0 Å². The predicted molar refractivity (Wildman–Crippen MR) is 61.8 cm³/mol. The minimum absolute atomic E-state index is 0. The molecule has 0 aliphatic carbocycles. The smallest absolute Gasteiger partial charge is 0.549 e. The third-order valence-corrected chi connectivity index (χ3v) is 3.13. The van der Waals surface area contributed by atoms with Gasteiger partial charge in [-0.3, -0.25) is 0 Å². The molecule has 0 rings (SSSR count). The number of hydrogen-bond donors (Lipinski definition) is 0. The van der Waals surface area contributed by atoms with E-state index >= 15 is 0 Å². The monoisotopic (exact) mass is 268 g/mol.